The molecule has 106 valence electrons. The Bertz CT molecular complexity index is 449. The number of phenolic OH excluding ortho intramolecular Hbond substituents is 1. The Morgan fingerprint density at radius 3 is 2.47 bits per heavy atom. The fourth-order valence-corrected chi connectivity index (χ4v) is 1.84. The molecule has 1 aromatic carbocycles. The summed E-state index contributed by atoms with van der Waals surface area (Å²) in [5, 5.41) is 21.6. The second-order valence-corrected chi connectivity index (χ2v) is 5.91. The predicted octanol–water partition coefficient (Wildman–Crippen LogP) is 2.23. The number of aliphatic hydroxyl groups is 1. The number of carbonyl (C=O) groups is 1. The first-order chi connectivity index (χ1) is 8.75. The van der Waals surface area contributed by atoms with Crippen LogP contribution < -0.4 is 5.32 Å². The van der Waals surface area contributed by atoms with Crippen LogP contribution in [0.15, 0.2) is 18.2 Å². The van der Waals surface area contributed by atoms with Crippen molar-refractivity contribution >= 4 is 5.91 Å². The van der Waals surface area contributed by atoms with Gasteiger partial charge in [0.1, 0.15) is 5.75 Å². The maximum atomic E-state index is 12.1. The van der Waals surface area contributed by atoms with Crippen LogP contribution in [-0.4, -0.2) is 28.8 Å². The normalized spacial score (nSPS) is 13.1. The van der Waals surface area contributed by atoms with Crippen LogP contribution in [0.4, 0.5) is 0 Å². The van der Waals surface area contributed by atoms with Crippen LogP contribution in [0, 0.1) is 12.3 Å². The summed E-state index contributed by atoms with van der Waals surface area (Å²) in [7, 11) is 0. The molecule has 0 heterocycles. The lowest BCUT2D eigenvalue weighted by atomic mass is 9.84. The molecule has 0 bridgehead atoms. The van der Waals surface area contributed by atoms with Crippen LogP contribution in [0.1, 0.15) is 43.1 Å². The number of hydrogen-bond acceptors (Lipinski definition) is 3. The molecule has 0 spiro atoms. The average molecular weight is 265 g/mol. The summed E-state index contributed by atoms with van der Waals surface area (Å²) < 4.78 is 0. The Kier molecular flexibility index (Phi) is 4.95. The van der Waals surface area contributed by atoms with Crippen LogP contribution in [-0.2, 0) is 0 Å². The van der Waals surface area contributed by atoms with Crippen molar-refractivity contribution in [2.24, 2.45) is 5.41 Å². The van der Waals surface area contributed by atoms with Gasteiger partial charge in [-0.25, -0.2) is 0 Å². The molecule has 0 aliphatic carbocycles. The van der Waals surface area contributed by atoms with Gasteiger partial charge in [0, 0.05) is 18.2 Å². The molecule has 1 amide bonds. The molecule has 0 aliphatic heterocycles. The predicted molar refractivity (Wildman–Crippen MR) is 75.3 cm³/mol. The molecule has 0 fully saturated rings. The highest BCUT2D eigenvalue weighted by molar-refractivity contribution is 5.94. The van der Waals surface area contributed by atoms with E-state index in [4.69, 9.17) is 5.11 Å². The first-order valence-electron chi connectivity index (χ1n) is 6.47. The molecule has 4 nitrogen and oxygen atoms in total. The van der Waals surface area contributed by atoms with Crippen LogP contribution in [0.25, 0.3) is 0 Å². The molecule has 0 aromatic heterocycles. The minimum Gasteiger partial charge on any atom is -0.508 e. The standard InChI is InChI=1S/C15H23NO3/c1-10-5-6-11(9-12(10)18)14(19)16-13(7-8-17)15(2,3)4/h5-6,9,13,17-18H,7-8H2,1-4H3,(H,16,19). The first-order valence-corrected chi connectivity index (χ1v) is 6.47. The molecule has 4 heteroatoms. The van der Waals surface area contributed by atoms with E-state index in [1.165, 1.54) is 6.07 Å². The van der Waals surface area contributed by atoms with Crippen LogP contribution in [0.3, 0.4) is 0 Å². The minimum absolute atomic E-state index is 0.0291. The van der Waals surface area contributed by atoms with Crippen molar-refractivity contribution in [2.45, 2.75) is 40.2 Å². The molecular formula is C15H23NO3. The van der Waals surface area contributed by atoms with Gasteiger partial charge in [-0.15, -0.1) is 0 Å². The molecular weight excluding hydrogens is 242 g/mol. The number of amides is 1. The zero-order valence-electron chi connectivity index (χ0n) is 12.0. The molecule has 0 aliphatic rings. The summed E-state index contributed by atoms with van der Waals surface area (Å²) >= 11 is 0. The molecule has 1 rings (SSSR count). The van der Waals surface area contributed by atoms with E-state index < -0.39 is 0 Å². The SMILES string of the molecule is Cc1ccc(C(=O)NC(CCO)C(C)(C)C)cc1O. The number of aliphatic hydroxyl groups excluding tert-OH is 1. The highest BCUT2D eigenvalue weighted by Gasteiger charge is 2.26. The Labute approximate surface area is 114 Å². The van der Waals surface area contributed by atoms with E-state index in [1.54, 1.807) is 19.1 Å². The van der Waals surface area contributed by atoms with Crippen LogP contribution in [0.5, 0.6) is 5.75 Å². The van der Waals surface area contributed by atoms with E-state index >= 15 is 0 Å². The fraction of sp³-hybridized carbons (Fsp3) is 0.533. The largest absolute Gasteiger partial charge is 0.508 e. The van der Waals surface area contributed by atoms with Crippen LogP contribution >= 0.6 is 0 Å². The van der Waals surface area contributed by atoms with Crippen LogP contribution in [0.2, 0.25) is 0 Å². The van der Waals surface area contributed by atoms with Crippen molar-refractivity contribution in [3.05, 3.63) is 29.3 Å². The van der Waals surface area contributed by atoms with Gasteiger partial charge in [-0.1, -0.05) is 26.8 Å². The number of hydrogen-bond donors (Lipinski definition) is 3. The lowest BCUT2D eigenvalue weighted by Gasteiger charge is -2.31. The smallest absolute Gasteiger partial charge is 0.251 e. The topological polar surface area (TPSA) is 69.6 Å². The minimum atomic E-state index is -0.233. The van der Waals surface area contributed by atoms with Gasteiger partial charge < -0.3 is 15.5 Å². The van der Waals surface area contributed by atoms with Gasteiger partial charge in [0.15, 0.2) is 0 Å². The van der Waals surface area contributed by atoms with Gasteiger partial charge in [-0.05, 0) is 36.5 Å². The Balaban J connectivity index is 2.84. The molecule has 0 radical (unpaired) electrons. The second-order valence-electron chi connectivity index (χ2n) is 5.91. The van der Waals surface area contributed by atoms with E-state index in [0.717, 1.165) is 5.56 Å². The molecule has 0 saturated carbocycles. The molecule has 19 heavy (non-hydrogen) atoms. The average Bonchev–Trinajstić information content (AvgIpc) is 2.30. The van der Waals surface area contributed by atoms with Gasteiger partial charge in [0.2, 0.25) is 0 Å². The van der Waals surface area contributed by atoms with Crippen molar-refractivity contribution < 1.29 is 15.0 Å². The summed E-state index contributed by atoms with van der Waals surface area (Å²) in [5.41, 5.74) is 1.03. The zero-order chi connectivity index (χ0) is 14.6. The van der Waals surface area contributed by atoms with E-state index in [9.17, 15) is 9.90 Å². The lowest BCUT2D eigenvalue weighted by Crippen LogP contribution is -2.44. The van der Waals surface area contributed by atoms with E-state index in [2.05, 4.69) is 5.32 Å². The lowest BCUT2D eigenvalue weighted by molar-refractivity contribution is 0.0885. The zero-order valence-corrected chi connectivity index (χ0v) is 12.0. The molecule has 1 unspecified atom stereocenters. The van der Waals surface area contributed by atoms with Crippen molar-refractivity contribution in [1.82, 2.24) is 5.32 Å². The molecule has 0 saturated heterocycles. The third-order valence-corrected chi connectivity index (χ3v) is 3.24. The summed E-state index contributed by atoms with van der Waals surface area (Å²) in [6, 6.07) is 4.74. The van der Waals surface area contributed by atoms with Crippen molar-refractivity contribution in [1.29, 1.82) is 0 Å². The second kappa shape index (κ2) is 6.06. The van der Waals surface area contributed by atoms with Gasteiger partial charge in [0.05, 0.1) is 0 Å². The number of aromatic hydroxyl groups is 1. The Morgan fingerprint density at radius 2 is 2.00 bits per heavy atom. The Hall–Kier alpha value is -1.55. The van der Waals surface area contributed by atoms with E-state index in [0.29, 0.717) is 12.0 Å². The maximum absolute atomic E-state index is 12.1. The summed E-state index contributed by atoms with van der Waals surface area (Å²) in [4.78, 5) is 12.1. The van der Waals surface area contributed by atoms with Crippen molar-refractivity contribution in [2.75, 3.05) is 6.61 Å². The fourth-order valence-electron chi connectivity index (χ4n) is 1.84. The number of benzene rings is 1. The number of phenols is 1. The number of carbonyl (C=O) groups excluding carboxylic acids is 1. The first kappa shape index (κ1) is 15.5. The van der Waals surface area contributed by atoms with E-state index in [1.807, 2.05) is 20.8 Å². The maximum Gasteiger partial charge on any atom is 0.251 e. The number of aryl methyl sites for hydroxylation is 1. The number of nitrogens with one attached hydrogen (secondary N) is 1. The third kappa shape index (κ3) is 4.24. The quantitative estimate of drug-likeness (QED) is 0.782. The van der Waals surface area contributed by atoms with E-state index in [-0.39, 0.29) is 29.7 Å². The molecule has 1 aromatic rings. The highest BCUT2D eigenvalue weighted by Crippen LogP contribution is 2.23. The van der Waals surface area contributed by atoms with Gasteiger partial charge >= 0.3 is 0 Å². The summed E-state index contributed by atoms with van der Waals surface area (Å²) in [5.74, 6) is -0.120. The third-order valence-electron chi connectivity index (χ3n) is 3.24. The Morgan fingerprint density at radius 1 is 1.37 bits per heavy atom. The monoisotopic (exact) mass is 265 g/mol. The summed E-state index contributed by atoms with van der Waals surface area (Å²) in [6.07, 6.45) is 0.507. The van der Waals surface area contributed by atoms with Crippen molar-refractivity contribution in [3.63, 3.8) is 0 Å². The van der Waals surface area contributed by atoms with Gasteiger partial charge in [0.25, 0.3) is 5.91 Å². The number of rotatable bonds is 4. The van der Waals surface area contributed by atoms with Gasteiger partial charge in [-0.2, -0.15) is 0 Å². The van der Waals surface area contributed by atoms with Crippen molar-refractivity contribution in [3.8, 4) is 5.75 Å². The summed E-state index contributed by atoms with van der Waals surface area (Å²) in [6.45, 7) is 7.85. The highest BCUT2D eigenvalue weighted by atomic mass is 16.3. The molecule has 3 N–H and O–H groups in total. The van der Waals surface area contributed by atoms with Gasteiger partial charge in [-0.3, -0.25) is 4.79 Å². The molecule has 1 atom stereocenters.